The van der Waals surface area contributed by atoms with Crippen molar-refractivity contribution in [3.05, 3.63) is 12.7 Å². The van der Waals surface area contributed by atoms with E-state index in [0.29, 0.717) is 19.1 Å². The maximum atomic E-state index is 11.4. The summed E-state index contributed by atoms with van der Waals surface area (Å²) in [6.07, 6.45) is 4.17. The van der Waals surface area contributed by atoms with E-state index >= 15 is 0 Å². The number of amides is 1. The lowest BCUT2D eigenvalue weighted by Crippen LogP contribution is -2.45. The molecule has 1 saturated heterocycles. The van der Waals surface area contributed by atoms with E-state index in [9.17, 15) is 4.79 Å². The van der Waals surface area contributed by atoms with E-state index in [1.165, 1.54) is 0 Å². The summed E-state index contributed by atoms with van der Waals surface area (Å²) in [4.78, 5) is 11.4. The molecule has 4 heteroatoms. The average molecular weight is 226 g/mol. The van der Waals surface area contributed by atoms with Crippen LogP contribution in [0, 0.1) is 0 Å². The fourth-order valence-corrected chi connectivity index (χ4v) is 2.06. The number of carbonyl (C=O) groups excluding carboxylic acids is 1. The first kappa shape index (κ1) is 13.2. The third-order valence-electron chi connectivity index (χ3n) is 2.69. The molecule has 0 saturated carbocycles. The van der Waals surface area contributed by atoms with E-state index in [0.717, 1.165) is 12.8 Å². The lowest BCUT2D eigenvalue weighted by Gasteiger charge is -2.32. The summed E-state index contributed by atoms with van der Waals surface area (Å²) in [6.45, 7) is 8.60. The molecule has 2 unspecified atom stereocenters. The smallest absolute Gasteiger partial charge is 0.234 e. The zero-order chi connectivity index (χ0) is 12.0. The van der Waals surface area contributed by atoms with Crippen LogP contribution in [-0.4, -0.2) is 37.2 Å². The monoisotopic (exact) mass is 226 g/mol. The summed E-state index contributed by atoms with van der Waals surface area (Å²) >= 11 is 0. The molecule has 1 amide bonds. The summed E-state index contributed by atoms with van der Waals surface area (Å²) in [5.41, 5.74) is 0. The molecular formula is C12H22N2O2. The van der Waals surface area contributed by atoms with Gasteiger partial charge in [-0.2, -0.15) is 0 Å². The number of ether oxygens (including phenoxy) is 1. The first-order valence-corrected chi connectivity index (χ1v) is 5.88. The second-order valence-corrected chi connectivity index (χ2v) is 4.40. The third-order valence-corrected chi connectivity index (χ3v) is 2.69. The molecule has 0 spiro atoms. The van der Waals surface area contributed by atoms with Gasteiger partial charge in [0.05, 0.1) is 18.8 Å². The number of rotatable bonds is 5. The summed E-state index contributed by atoms with van der Waals surface area (Å²) in [6, 6.07) is 0.383. The summed E-state index contributed by atoms with van der Waals surface area (Å²) in [5.74, 6) is 0.0201. The van der Waals surface area contributed by atoms with Crippen molar-refractivity contribution in [3.63, 3.8) is 0 Å². The largest absolute Gasteiger partial charge is 0.375 e. The predicted molar refractivity (Wildman–Crippen MR) is 64.2 cm³/mol. The number of hydrogen-bond donors (Lipinski definition) is 2. The molecule has 2 N–H and O–H groups in total. The van der Waals surface area contributed by atoms with Crippen molar-refractivity contribution in [2.45, 2.75) is 44.9 Å². The van der Waals surface area contributed by atoms with E-state index < -0.39 is 0 Å². The second kappa shape index (κ2) is 6.66. The highest BCUT2D eigenvalue weighted by Crippen LogP contribution is 2.18. The number of hydrogen-bond acceptors (Lipinski definition) is 3. The first-order chi connectivity index (χ1) is 7.61. The van der Waals surface area contributed by atoms with E-state index in [4.69, 9.17) is 4.74 Å². The van der Waals surface area contributed by atoms with E-state index in [1.54, 1.807) is 6.08 Å². The lowest BCUT2D eigenvalue weighted by molar-refractivity contribution is -0.120. The van der Waals surface area contributed by atoms with Crippen molar-refractivity contribution < 1.29 is 9.53 Å². The van der Waals surface area contributed by atoms with Crippen molar-refractivity contribution in [3.8, 4) is 0 Å². The molecule has 2 atom stereocenters. The van der Waals surface area contributed by atoms with Crippen molar-refractivity contribution in [1.82, 2.24) is 10.6 Å². The van der Waals surface area contributed by atoms with Crippen LogP contribution in [0.25, 0.3) is 0 Å². The van der Waals surface area contributed by atoms with Gasteiger partial charge >= 0.3 is 0 Å². The van der Waals surface area contributed by atoms with Gasteiger partial charge in [0.15, 0.2) is 0 Å². The molecule has 0 bridgehead atoms. The Kier molecular flexibility index (Phi) is 5.49. The molecule has 1 fully saturated rings. The second-order valence-electron chi connectivity index (χ2n) is 4.40. The Morgan fingerprint density at radius 3 is 2.62 bits per heavy atom. The van der Waals surface area contributed by atoms with Crippen LogP contribution in [0.1, 0.15) is 26.7 Å². The van der Waals surface area contributed by atoms with E-state index in [1.807, 2.05) is 0 Å². The molecule has 0 aromatic rings. The lowest BCUT2D eigenvalue weighted by atomic mass is 10.00. The minimum absolute atomic E-state index is 0.0201. The Labute approximate surface area is 97.4 Å². The number of nitrogens with one attached hydrogen (secondary N) is 2. The zero-order valence-electron chi connectivity index (χ0n) is 10.2. The maximum absolute atomic E-state index is 11.4. The van der Waals surface area contributed by atoms with Crippen LogP contribution in [0.4, 0.5) is 0 Å². The van der Waals surface area contributed by atoms with Gasteiger partial charge < -0.3 is 15.4 Å². The molecule has 0 aromatic heterocycles. The molecule has 1 aliphatic heterocycles. The predicted octanol–water partition coefficient (Wildman–Crippen LogP) is 0.834. The molecule has 92 valence electrons. The Morgan fingerprint density at radius 2 is 2.06 bits per heavy atom. The highest BCUT2D eigenvalue weighted by atomic mass is 16.5. The van der Waals surface area contributed by atoms with E-state index in [-0.39, 0.29) is 18.1 Å². The molecular weight excluding hydrogens is 204 g/mol. The van der Waals surface area contributed by atoms with Crippen LogP contribution in [0.3, 0.4) is 0 Å². The van der Waals surface area contributed by atoms with Crippen LogP contribution in [0.5, 0.6) is 0 Å². The SMILES string of the molecule is C=CCNC(=O)CNC1CC(C)OC(C)C1. The van der Waals surface area contributed by atoms with Gasteiger partial charge in [-0.15, -0.1) is 6.58 Å². The molecule has 1 rings (SSSR count). The van der Waals surface area contributed by atoms with Gasteiger partial charge in [-0.05, 0) is 26.7 Å². The maximum Gasteiger partial charge on any atom is 0.234 e. The fourth-order valence-electron chi connectivity index (χ4n) is 2.06. The van der Waals surface area contributed by atoms with Crippen LogP contribution in [-0.2, 0) is 9.53 Å². The molecule has 16 heavy (non-hydrogen) atoms. The van der Waals surface area contributed by atoms with Gasteiger partial charge in [-0.25, -0.2) is 0 Å². The Morgan fingerprint density at radius 1 is 1.44 bits per heavy atom. The van der Waals surface area contributed by atoms with Crippen LogP contribution >= 0.6 is 0 Å². The summed E-state index contributed by atoms with van der Waals surface area (Å²) in [7, 11) is 0. The highest BCUT2D eigenvalue weighted by molar-refractivity contribution is 5.78. The van der Waals surface area contributed by atoms with Crippen molar-refractivity contribution in [2.75, 3.05) is 13.1 Å². The Bertz CT molecular complexity index is 233. The van der Waals surface area contributed by atoms with Crippen molar-refractivity contribution >= 4 is 5.91 Å². The topological polar surface area (TPSA) is 50.4 Å². The van der Waals surface area contributed by atoms with Crippen molar-refractivity contribution in [1.29, 1.82) is 0 Å². The Hall–Kier alpha value is -0.870. The first-order valence-electron chi connectivity index (χ1n) is 5.88. The van der Waals surface area contributed by atoms with Crippen LogP contribution in [0.15, 0.2) is 12.7 Å². The quantitative estimate of drug-likeness (QED) is 0.683. The van der Waals surface area contributed by atoms with Gasteiger partial charge in [0.2, 0.25) is 5.91 Å². The highest BCUT2D eigenvalue weighted by Gasteiger charge is 2.24. The standard InChI is InChI=1S/C12H22N2O2/c1-4-5-13-12(15)8-14-11-6-9(2)16-10(3)7-11/h4,9-11,14H,1,5-8H2,2-3H3,(H,13,15). The number of carbonyl (C=O) groups is 1. The van der Waals surface area contributed by atoms with E-state index in [2.05, 4.69) is 31.1 Å². The van der Waals surface area contributed by atoms with Gasteiger partial charge in [0.1, 0.15) is 0 Å². The molecule has 4 nitrogen and oxygen atoms in total. The normalized spacial score (nSPS) is 29.8. The van der Waals surface area contributed by atoms with Gasteiger partial charge in [-0.3, -0.25) is 4.79 Å². The van der Waals surface area contributed by atoms with Crippen molar-refractivity contribution in [2.24, 2.45) is 0 Å². The summed E-state index contributed by atoms with van der Waals surface area (Å²) < 4.78 is 5.63. The third kappa shape index (κ3) is 4.77. The molecule has 0 aliphatic carbocycles. The fraction of sp³-hybridized carbons (Fsp3) is 0.750. The molecule has 1 aliphatic rings. The Balaban J connectivity index is 2.21. The van der Waals surface area contributed by atoms with Crippen LogP contribution in [0.2, 0.25) is 0 Å². The zero-order valence-corrected chi connectivity index (χ0v) is 10.2. The molecule has 0 aromatic carbocycles. The van der Waals surface area contributed by atoms with Crippen LogP contribution < -0.4 is 10.6 Å². The summed E-state index contributed by atoms with van der Waals surface area (Å²) in [5, 5.41) is 6.01. The molecule has 1 heterocycles. The molecule has 0 radical (unpaired) electrons. The van der Waals surface area contributed by atoms with Gasteiger partial charge in [0, 0.05) is 12.6 Å². The van der Waals surface area contributed by atoms with Gasteiger partial charge in [0.25, 0.3) is 0 Å². The average Bonchev–Trinajstić information content (AvgIpc) is 2.22. The minimum Gasteiger partial charge on any atom is -0.375 e. The van der Waals surface area contributed by atoms with Gasteiger partial charge in [-0.1, -0.05) is 6.08 Å². The minimum atomic E-state index is 0.0201.